The molecule has 0 radical (unpaired) electrons. The average Bonchev–Trinajstić information content (AvgIpc) is 3.07. The van der Waals surface area contributed by atoms with Gasteiger partial charge in [-0.3, -0.25) is 9.59 Å². The normalized spacial score (nSPS) is 10.7. The predicted octanol–water partition coefficient (Wildman–Crippen LogP) is 3.71. The molecule has 0 unspecified atom stereocenters. The van der Waals surface area contributed by atoms with Crippen molar-refractivity contribution in [2.75, 3.05) is 11.1 Å². The van der Waals surface area contributed by atoms with Crippen molar-refractivity contribution in [3.8, 4) is 0 Å². The largest absolute Gasteiger partial charge is 0.345 e. The van der Waals surface area contributed by atoms with E-state index in [0.717, 1.165) is 22.4 Å². The molecule has 0 aliphatic carbocycles. The highest BCUT2D eigenvalue weighted by molar-refractivity contribution is 7.99. The lowest BCUT2D eigenvalue weighted by Gasteiger charge is -2.12. The highest BCUT2D eigenvalue weighted by atomic mass is 32.2. The van der Waals surface area contributed by atoms with Gasteiger partial charge in [0.2, 0.25) is 5.91 Å². The first-order valence-electron chi connectivity index (χ1n) is 9.99. The van der Waals surface area contributed by atoms with Gasteiger partial charge < -0.3 is 15.2 Å². The number of aromatic nitrogens is 3. The van der Waals surface area contributed by atoms with Gasteiger partial charge in [0.25, 0.3) is 5.91 Å². The van der Waals surface area contributed by atoms with Crippen molar-refractivity contribution in [1.29, 1.82) is 0 Å². The van der Waals surface area contributed by atoms with Crippen LogP contribution < -0.4 is 10.6 Å². The summed E-state index contributed by atoms with van der Waals surface area (Å²) in [5.41, 5.74) is 5.66. The molecule has 8 heteroatoms. The number of rotatable bonds is 7. The predicted molar refractivity (Wildman–Crippen MR) is 123 cm³/mol. The number of nitrogens with one attached hydrogen (secondary N) is 2. The number of benzene rings is 2. The molecule has 0 aliphatic heterocycles. The Balaban J connectivity index is 1.56. The van der Waals surface area contributed by atoms with E-state index in [9.17, 15) is 9.59 Å². The Hall–Kier alpha value is -3.13. The van der Waals surface area contributed by atoms with Crippen LogP contribution in [0.15, 0.2) is 41.6 Å². The third-order valence-electron chi connectivity index (χ3n) is 5.00. The molecule has 2 aromatic carbocycles. The number of hydrogen-bond donors (Lipinski definition) is 2. The third-order valence-corrected chi connectivity index (χ3v) is 6.02. The zero-order chi connectivity index (χ0) is 22.5. The summed E-state index contributed by atoms with van der Waals surface area (Å²) in [4.78, 5) is 24.8. The van der Waals surface area contributed by atoms with Crippen molar-refractivity contribution >= 4 is 29.3 Å². The average molecular weight is 438 g/mol. The lowest BCUT2D eigenvalue weighted by atomic mass is 10.1. The van der Waals surface area contributed by atoms with Crippen molar-refractivity contribution in [2.45, 2.75) is 39.4 Å². The molecule has 3 rings (SSSR count). The number of carbonyl (C=O) groups excluding carboxylic acids is 2. The van der Waals surface area contributed by atoms with Gasteiger partial charge in [0.1, 0.15) is 0 Å². The Bertz CT molecular complexity index is 1100. The minimum Gasteiger partial charge on any atom is -0.345 e. The molecule has 0 saturated heterocycles. The number of nitrogens with zero attached hydrogens (tertiary/aromatic N) is 3. The maximum Gasteiger partial charge on any atom is 0.251 e. The summed E-state index contributed by atoms with van der Waals surface area (Å²) in [6.45, 7) is 8.17. The molecule has 0 atom stereocenters. The van der Waals surface area contributed by atoms with E-state index in [2.05, 4.69) is 33.0 Å². The summed E-state index contributed by atoms with van der Waals surface area (Å²) in [5.74, 6) is 0.583. The summed E-state index contributed by atoms with van der Waals surface area (Å²) in [6.07, 6.45) is 0. The van der Waals surface area contributed by atoms with Crippen molar-refractivity contribution in [3.63, 3.8) is 0 Å². The molecule has 2 N–H and O–H groups in total. The molecule has 3 aromatic rings. The van der Waals surface area contributed by atoms with Crippen LogP contribution in [-0.4, -0.2) is 32.3 Å². The molecule has 0 saturated carbocycles. The monoisotopic (exact) mass is 437 g/mol. The molecule has 7 nitrogen and oxygen atoms in total. The maximum atomic E-state index is 12.5. The Morgan fingerprint density at radius 3 is 2.35 bits per heavy atom. The van der Waals surface area contributed by atoms with E-state index in [1.165, 1.54) is 17.3 Å². The highest BCUT2D eigenvalue weighted by Crippen LogP contribution is 2.23. The summed E-state index contributed by atoms with van der Waals surface area (Å²) in [5, 5.41) is 14.8. The first-order chi connectivity index (χ1) is 14.8. The summed E-state index contributed by atoms with van der Waals surface area (Å²) < 4.78 is 1.79. The van der Waals surface area contributed by atoms with Gasteiger partial charge in [-0.05, 0) is 50.5 Å². The van der Waals surface area contributed by atoms with Crippen LogP contribution in [0.1, 0.15) is 38.4 Å². The maximum absolute atomic E-state index is 12.5. The molecule has 0 aliphatic rings. The van der Waals surface area contributed by atoms with E-state index >= 15 is 0 Å². The second-order valence-corrected chi connectivity index (χ2v) is 8.51. The molecule has 0 bridgehead atoms. The van der Waals surface area contributed by atoms with E-state index in [1.807, 2.05) is 52.9 Å². The molecular formula is C23H27N5O2S. The van der Waals surface area contributed by atoms with Gasteiger partial charge in [0, 0.05) is 18.3 Å². The van der Waals surface area contributed by atoms with Gasteiger partial charge in [0.15, 0.2) is 11.0 Å². The van der Waals surface area contributed by atoms with Crippen LogP contribution >= 0.6 is 11.8 Å². The van der Waals surface area contributed by atoms with Gasteiger partial charge in [-0.1, -0.05) is 47.7 Å². The molecule has 1 heterocycles. The van der Waals surface area contributed by atoms with Crippen molar-refractivity contribution < 1.29 is 9.59 Å². The zero-order valence-corrected chi connectivity index (χ0v) is 19.3. The highest BCUT2D eigenvalue weighted by Gasteiger charge is 2.15. The van der Waals surface area contributed by atoms with Crippen molar-refractivity contribution in [3.05, 3.63) is 70.0 Å². The van der Waals surface area contributed by atoms with E-state index in [4.69, 9.17) is 0 Å². The number of amides is 2. The minimum atomic E-state index is -0.154. The van der Waals surface area contributed by atoms with Gasteiger partial charge in [0.05, 0.1) is 12.3 Å². The first kappa shape index (κ1) is 22.6. The fourth-order valence-electron chi connectivity index (χ4n) is 3.39. The first-order valence-corrected chi connectivity index (χ1v) is 11.0. The van der Waals surface area contributed by atoms with E-state index in [1.54, 1.807) is 10.6 Å². The third kappa shape index (κ3) is 5.52. The standard InChI is InChI=1S/C23H27N5O2S/c1-14-10-16(3)21(17(4)11-14)25-20(29)13-31-23-27-26-19(28(23)5)12-24-22(30)18-9-7-6-8-15(18)2/h6-11H,12-13H2,1-5H3,(H,24,30)(H,25,29). The second-order valence-electron chi connectivity index (χ2n) is 7.57. The number of hydrogen-bond acceptors (Lipinski definition) is 5. The zero-order valence-electron chi connectivity index (χ0n) is 18.4. The minimum absolute atomic E-state index is 0.0996. The Labute approximate surface area is 186 Å². The summed E-state index contributed by atoms with van der Waals surface area (Å²) in [7, 11) is 1.82. The van der Waals surface area contributed by atoms with Gasteiger partial charge >= 0.3 is 0 Å². The lowest BCUT2D eigenvalue weighted by molar-refractivity contribution is -0.113. The van der Waals surface area contributed by atoms with Gasteiger partial charge in [-0.15, -0.1) is 10.2 Å². The Morgan fingerprint density at radius 2 is 1.68 bits per heavy atom. The van der Waals surface area contributed by atoms with Crippen LogP contribution in [0.5, 0.6) is 0 Å². The molecule has 0 fully saturated rings. The molecule has 162 valence electrons. The van der Waals surface area contributed by atoms with Crippen LogP contribution in [0.4, 0.5) is 5.69 Å². The van der Waals surface area contributed by atoms with Crippen LogP contribution in [0, 0.1) is 27.7 Å². The number of carbonyl (C=O) groups is 2. The number of aryl methyl sites for hydroxylation is 4. The SMILES string of the molecule is Cc1cc(C)c(NC(=O)CSc2nnc(CNC(=O)c3ccccc3C)n2C)c(C)c1. The topological polar surface area (TPSA) is 88.9 Å². The number of anilines is 1. The fraction of sp³-hybridized carbons (Fsp3) is 0.304. The van der Waals surface area contributed by atoms with Crippen LogP contribution in [0.25, 0.3) is 0 Å². The Morgan fingerprint density at radius 1 is 1.00 bits per heavy atom. The van der Waals surface area contributed by atoms with Crippen LogP contribution in [0.3, 0.4) is 0 Å². The van der Waals surface area contributed by atoms with E-state index in [-0.39, 0.29) is 24.1 Å². The molecule has 0 spiro atoms. The van der Waals surface area contributed by atoms with Crippen LogP contribution in [-0.2, 0) is 18.4 Å². The van der Waals surface area contributed by atoms with Crippen molar-refractivity contribution in [2.24, 2.45) is 7.05 Å². The second kappa shape index (κ2) is 9.78. The molecular weight excluding hydrogens is 410 g/mol. The lowest BCUT2D eigenvalue weighted by Crippen LogP contribution is -2.25. The fourth-order valence-corrected chi connectivity index (χ4v) is 4.12. The van der Waals surface area contributed by atoms with Crippen molar-refractivity contribution in [1.82, 2.24) is 20.1 Å². The molecule has 2 amide bonds. The van der Waals surface area contributed by atoms with Gasteiger partial charge in [-0.2, -0.15) is 0 Å². The quantitative estimate of drug-likeness (QED) is 0.550. The smallest absolute Gasteiger partial charge is 0.251 e. The van der Waals surface area contributed by atoms with Gasteiger partial charge in [-0.25, -0.2) is 0 Å². The van der Waals surface area contributed by atoms with Crippen LogP contribution in [0.2, 0.25) is 0 Å². The summed E-state index contributed by atoms with van der Waals surface area (Å²) >= 11 is 1.31. The molecule has 1 aromatic heterocycles. The van der Waals surface area contributed by atoms with E-state index < -0.39 is 0 Å². The molecule has 31 heavy (non-hydrogen) atoms. The number of thioether (sulfide) groups is 1. The van der Waals surface area contributed by atoms with E-state index in [0.29, 0.717) is 16.5 Å². The Kier molecular flexibility index (Phi) is 7.12. The summed E-state index contributed by atoms with van der Waals surface area (Å²) in [6, 6.07) is 11.5.